The smallest absolute Gasteiger partial charge is 0.124 e. The maximum absolute atomic E-state index is 13.1. The van der Waals surface area contributed by atoms with Gasteiger partial charge in [0.05, 0.1) is 0 Å². The highest BCUT2D eigenvalue weighted by Gasteiger charge is 2.13. The van der Waals surface area contributed by atoms with Crippen molar-refractivity contribution >= 4 is 12.4 Å². The summed E-state index contributed by atoms with van der Waals surface area (Å²) >= 11 is 0. The molecule has 0 bridgehead atoms. The van der Waals surface area contributed by atoms with Crippen LogP contribution in [0.5, 0.6) is 5.75 Å². The zero-order valence-electron chi connectivity index (χ0n) is 9.66. The molecule has 4 heteroatoms. The van der Waals surface area contributed by atoms with Gasteiger partial charge < -0.3 is 10.8 Å². The molecule has 3 N–H and O–H groups in total. The van der Waals surface area contributed by atoms with Crippen LogP contribution in [-0.4, -0.2) is 5.11 Å². The van der Waals surface area contributed by atoms with Crippen LogP contribution in [0.25, 0.3) is 0 Å². The molecule has 0 unspecified atom stereocenters. The summed E-state index contributed by atoms with van der Waals surface area (Å²) in [5, 5.41) is 9.75. The van der Waals surface area contributed by atoms with E-state index in [0.717, 1.165) is 19.3 Å². The molecule has 0 radical (unpaired) electrons. The van der Waals surface area contributed by atoms with E-state index < -0.39 is 0 Å². The van der Waals surface area contributed by atoms with Gasteiger partial charge in [-0.3, -0.25) is 0 Å². The van der Waals surface area contributed by atoms with Gasteiger partial charge in [0.25, 0.3) is 0 Å². The summed E-state index contributed by atoms with van der Waals surface area (Å²) < 4.78 is 13.1. The molecule has 0 aromatic heterocycles. The Morgan fingerprint density at radius 3 is 2.62 bits per heavy atom. The Kier molecular flexibility index (Phi) is 6.38. The minimum Gasteiger partial charge on any atom is -0.507 e. The van der Waals surface area contributed by atoms with Crippen molar-refractivity contribution in [1.29, 1.82) is 0 Å². The highest BCUT2D eigenvalue weighted by molar-refractivity contribution is 5.85. The molecular formula is C12H19ClFNO. The molecule has 0 spiro atoms. The van der Waals surface area contributed by atoms with E-state index in [1.165, 1.54) is 12.1 Å². The minimum atomic E-state index is -0.341. The first kappa shape index (κ1) is 15.2. The van der Waals surface area contributed by atoms with E-state index in [2.05, 4.69) is 6.92 Å². The van der Waals surface area contributed by atoms with E-state index >= 15 is 0 Å². The summed E-state index contributed by atoms with van der Waals surface area (Å²) in [6, 6.07) is 2.35. The van der Waals surface area contributed by atoms with Crippen LogP contribution in [0.15, 0.2) is 12.1 Å². The van der Waals surface area contributed by atoms with Gasteiger partial charge in [-0.25, -0.2) is 4.39 Å². The SMILES string of the molecule is CCCC[C@@H](N)c1cc(F)cc(C)c1O.Cl. The first-order chi connectivity index (χ1) is 7.06. The van der Waals surface area contributed by atoms with Crippen LogP contribution in [0, 0.1) is 12.7 Å². The Morgan fingerprint density at radius 1 is 1.44 bits per heavy atom. The van der Waals surface area contributed by atoms with Crippen molar-refractivity contribution in [3.8, 4) is 5.75 Å². The molecule has 0 amide bonds. The fraction of sp³-hybridized carbons (Fsp3) is 0.500. The van der Waals surface area contributed by atoms with Gasteiger partial charge in [0.15, 0.2) is 0 Å². The number of hydrogen-bond acceptors (Lipinski definition) is 2. The van der Waals surface area contributed by atoms with Gasteiger partial charge >= 0.3 is 0 Å². The zero-order valence-corrected chi connectivity index (χ0v) is 10.5. The average molecular weight is 248 g/mol. The third-order valence-corrected chi connectivity index (χ3v) is 2.56. The van der Waals surface area contributed by atoms with Crippen molar-refractivity contribution in [2.75, 3.05) is 0 Å². The number of halogens is 2. The third kappa shape index (κ3) is 3.65. The Hall–Kier alpha value is -0.800. The summed E-state index contributed by atoms with van der Waals surface area (Å²) in [6.07, 6.45) is 2.80. The number of benzene rings is 1. The van der Waals surface area contributed by atoms with Crippen LogP contribution >= 0.6 is 12.4 Å². The number of unbranched alkanes of at least 4 members (excludes halogenated alkanes) is 1. The van der Waals surface area contributed by atoms with Gasteiger partial charge in [0.2, 0.25) is 0 Å². The lowest BCUT2D eigenvalue weighted by atomic mass is 9.99. The molecule has 0 saturated heterocycles. The average Bonchev–Trinajstić information content (AvgIpc) is 2.19. The monoisotopic (exact) mass is 247 g/mol. The predicted octanol–water partition coefficient (Wildman–Crippen LogP) is 3.45. The standard InChI is InChI=1S/C12H18FNO.ClH/c1-3-4-5-11(14)10-7-9(13)6-8(2)12(10)15;/h6-7,11,15H,3-5,14H2,1-2H3;1H/t11-;/m1./s1. The number of phenolic OH excluding ortho intramolecular Hbond substituents is 1. The normalized spacial score (nSPS) is 12.0. The maximum atomic E-state index is 13.1. The molecule has 0 heterocycles. The van der Waals surface area contributed by atoms with Crippen molar-refractivity contribution < 1.29 is 9.50 Å². The maximum Gasteiger partial charge on any atom is 0.124 e. The second-order valence-electron chi connectivity index (χ2n) is 3.91. The third-order valence-electron chi connectivity index (χ3n) is 2.56. The molecule has 0 saturated carbocycles. The Labute approximate surface area is 102 Å². The van der Waals surface area contributed by atoms with E-state index in [4.69, 9.17) is 5.73 Å². The molecule has 1 atom stereocenters. The van der Waals surface area contributed by atoms with Crippen LogP contribution in [0.1, 0.15) is 43.4 Å². The largest absolute Gasteiger partial charge is 0.507 e. The van der Waals surface area contributed by atoms with Gasteiger partial charge in [-0.05, 0) is 31.0 Å². The first-order valence-corrected chi connectivity index (χ1v) is 5.30. The fourth-order valence-corrected chi connectivity index (χ4v) is 1.62. The number of nitrogens with two attached hydrogens (primary N) is 1. The van der Waals surface area contributed by atoms with Crippen molar-refractivity contribution in [2.24, 2.45) is 5.73 Å². The zero-order chi connectivity index (χ0) is 11.4. The summed E-state index contributed by atoms with van der Waals surface area (Å²) in [5.41, 5.74) is 6.95. The molecule has 0 fully saturated rings. The highest BCUT2D eigenvalue weighted by atomic mass is 35.5. The van der Waals surface area contributed by atoms with Gasteiger partial charge in [-0.1, -0.05) is 19.8 Å². The first-order valence-electron chi connectivity index (χ1n) is 5.30. The van der Waals surface area contributed by atoms with E-state index in [9.17, 15) is 9.50 Å². The minimum absolute atomic E-state index is 0. The number of phenols is 1. The van der Waals surface area contributed by atoms with E-state index in [1.807, 2.05) is 0 Å². The highest BCUT2D eigenvalue weighted by Crippen LogP contribution is 2.29. The van der Waals surface area contributed by atoms with Crippen LogP contribution in [-0.2, 0) is 0 Å². The van der Waals surface area contributed by atoms with Crippen LogP contribution in [0.2, 0.25) is 0 Å². The molecule has 0 aliphatic carbocycles. The van der Waals surface area contributed by atoms with Crippen molar-refractivity contribution in [2.45, 2.75) is 39.2 Å². The van der Waals surface area contributed by atoms with Crippen LogP contribution < -0.4 is 5.73 Å². The number of hydrogen-bond donors (Lipinski definition) is 2. The van der Waals surface area contributed by atoms with E-state index in [1.54, 1.807) is 6.92 Å². The second kappa shape index (κ2) is 6.71. The van der Waals surface area contributed by atoms with Gasteiger partial charge in [-0.15, -0.1) is 12.4 Å². The lowest BCUT2D eigenvalue weighted by molar-refractivity contribution is 0.449. The molecule has 1 rings (SSSR count). The predicted molar refractivity (Wildman–Crippen MR) is 66.5 cm³/mol. The summed E-state index contributed by atoms with van der Waals surface area (Å²) in [7, 11) is 0. The van der Waals surface area contributed by atoms with Crippen LogP contribution in [0.4, 0.5) is 4.39 Å². The topological polar surface area (TPSA) is 46.2 Å². The number of aryl methyl sites for hydroxylation is 1. The second-order valence-corrected chi connectivity index (χ2v) is 3.91. The summed E-state index contributed by atoms with van der Waals surface area (Å²) in [5.74, 6) is -0.216. The molecule has 16 heavy (non-hydrogen) atoms. The molecule has 1 aromatic rings. The number of rotatable bonds is 4. The molecule has 0 aliphatic rings. The van der Waals surface area contributed by atoms with Gasteiger partial charge in [0, 0.05) is 11.6 Å². The lowest BCUT2D eigenvalue weighted by Gasteiger charge is -2.14. The van der Waals surface area contributed by atoms with Crippen LogP contribution in [0.3, 0.4) is 0 Å². The summed E-state index contributed by atoms with van der Waals surface area (Å²) in [4.78, 5) is 0. The fourth-order valence-electron chi connectivity index (χ4n) is 1.62. The molecular weight excluding hydrogens is 229 g/mol. The lowest BCUT2D eigenvalue weighted by Crippen LogP contribution is -2.11. The van der Waals surface area contributed by atoms with Gasteiger partial charge in [-0.2, -0.15) is 0 Å². The summed E-state index contributed by atoms with van der Waals surface area (Å²) in [6.45, 7) is 3.75. The Balaban J connectivity index is 0.00000225. The molecule has 92 valence electrons. The van der Waals surface area contributed by atoms with Crippen molar-refractivity contribution in [3.63, 3.8) is 0 Å². The van der Waals surface area contributed by atoms with Crippen molar-refractivity contribution in [3.05, 3.63) is 29.1 Å². The molecule has 1 aromatic carbocycles. The molecule has 0 aliphatic heterocycles. The molecule has 2 nitrogen and oxygen atoms in total. The Bertz CT molecular complexity index is 344. The van der Waals surface area contributed by atoms with Crippen molar-refractivity contribution in [1.82, 2.24) is 0 Å². The quantitative estimate of drug-likeness (QED) is 0.856. The number of aromatic hydroxyl groups is 1. The van der Waals surface area contributed by atoms with E-state index in [0.29, 0.717) is 11.1 Å². The van der Waals surface area contributed by atoms with Gasteiger partial charge in [0.1, 0.15) is 11.6 Å². The van der Waals surface area contributed by atoms with E-state index in [-0.39, 0.29) is 30.0 Å². The Morgan fingerprint density at radius 2 is 2.06 bits per heavy atom.